The summed E-state index contributed by atoms with van der Waals surface area (Å²) in [6.07, 6.45) is 3.47. The molecule has 0 saturated carbocycles. The number of nitrogens with zero attached hydrogens (tertiary/aromatic N) is 8. The van der Waals surface area contributed by atoms with Crippen LogP contribution in [-0.2, 0) is 7.05 Å². The molecule has 4 heterocycles. The van der Waals surface area contributed by atoms with Crippen molar-refractivity contribution in [1.82, 2.24) is 39.6 Å². The van der Waals surface area contributed by atoms with Crippen molar-refractivity contribution < 1.29 is 0 Å². The van der Waals surface area contributed by atoms with Gasteiger partial charge in [0.1, 0.15) is 11.3 Å². The Morgan fingerprint density at radius 2 is 1.96 bits per heavy atom. The van der Waals surface area contributed by atoms with Gasteiger partial charge in [0.05, 0.1) is 23.4 Å². The zero-order valence-electron chi connectivity index (χ0n) is 15.1. The standard InChI is InChI=1S/C18H19N9/c1-25-10-13(11-25)27-16-4-3-12(9-15(16)23-24-27)14-5-7-19-18(21-14)22-17-6-8-20-26(17)2/h3-9,13H,10-11H2,1-2H3,(H,19,21,22). The number of benzene rings is 1. The van der Waals surface area contributed by atoms with Gasteiger partial charge in [-0.1, -0.05) is 11.3 Å². The Balaban J connectivity index is 1.45. The summed E-state index contributed by atoms with van der Waals surface area (Å²) < 4.78 is 3.76. The van der Waals surface area contributed by atoms with Crippen LogP contribution in [0.15, 0.2) is 42.7 Å². The van der Waals surface area contributed by atoms with Crippen LogP contribution in [0.4, 0.5) is 11.8 Å². The first-order chi connectivity index (χ1) is 13.2. The zero-order chi connectivity index (χ0) is 18.4. The number of aryl methyl sites for hydroxylation is 1. The van der Waals surface area contributed by atoms with Gasteiger partial charge in [-0.15, -0.1) is 5.10 Å². The summed E-state index contributed by atoms with van der Waals surface area (Å²) in [7, 11) is 3.98. The molecule has 1 N–H and O–H groups in total. The predicted molar refractivity (Wildman–Crippen MR) is 102 cm³/mol. The van der Waals surface area contributed by atoms with Gasteiger partial charge in [-0.3, -0.25) is 4.68 Å². The molecule has 136 valence electrons. The molecular formula is C18H19N9. The van der Waals surface area contributed by atoms with Crippen LogP contribution in [0.5, 0.6) is 0 Å². The van der Waals surface area contributed by atoms with E-state index in [1.54, 1.807) is 17.1 Å². The van der Waals surface area contributed by atoms with Gasteiger partial charge in [-0.2, -0.15) is 5.10 Å². The SMILES string of the molecule is CN1CC(n2nnc3cc(-c4ccnc(Nc5ccnn5C)n4)ccc32)C1. The molecule has 0 bridgehead atoms. The number of aromatic nitrogens is 7. The van der Waals surface area contributed by atoms with E-state index in [1.807, 2.05) is 29.9 Å². The lowest BCUT2D eigenvalue weighted by molar-refractivity contribution is 0.132. The van der Waals surface area contributed by atoms with Gasteiger partial charge in [0, 0.05) is 38.0 Å². The minimum absolute atomic E-state index is 0.402. The van der Waals surface area contributed by atoms with Crippen molar-refractivity contribution in [3.05, 3.63) is 42.7 Å². The molecule has 1 fully saturated rings. The number of rotatable bonds is 4. The van der Waals surface area contributed by atoms with Gasteiger partial charge in [0.25, 0.3) is 0 Å². The number of hydrogen-bond acceptors (Lipinski definition) is 7. The van der Waals surface area contributed by atoms with Crippen LogP contribution in [0.25, 0.3) is 22.3 Å². The van der Waals surface area contributed by atoms with Gasteiger partial charge in [0.15, 0.2) is 0 Å². The van der Waals surface area contributed by atoms with Crippen molar-refractivity contribution in [2.24, 2.45) is 7.05 Å². The molecule has 0 amide bonds. The smallest absolute Gasteiger partial charge is 0.228 e. The molecule has 9 heteroatoms. The van der Waals surface area contributed by atoms with Gasteiger partial charge in [-0.25, -0.2) is 14.6 Å². The van der Waals surface area contributed by atoms with Crippen LogP contribution in [0.1, 0.15) is 6.04 Å². The van der Waals surface area contributed by atoms with Crippen LogP contribution in [0, 0.1) is 0 Å². The van der Waals surface area contributed by atoms with E-state index >= 15 is 0 Å². The molecule has 0 spiro atoms. The summed E-state index contributed by atoms with van der Waals surface area (Å²) in [5, 5.41) is 16.0. The second-order valence-corrected chi connectivity index (χ2v) is 6.84. The Labute approximate surface area is 155 Å². The molecule has 27 heavy (non-hydrogen) atoms. The van der Waals surface area contributed by atoms with Crippen molar-refractivity contribution in [3.63, 3.8) is 0 Å². The molecule has 0 radical (unpaired) electrons. The Kier molecular flexibility index (Phi) is 3.61. The fourth-order valence-corrected chi connectivity index (χ4v) is 3.38. The van der Waals surface area contributed by atoms with E-state index in [1.165, 1.54) is 0 Å². The summed E-state index contributed by atoms with van der Waals surface area (Å²) in [4.78, 5) is 11.2. The average molecular weight is 361 g/mol. The molecule has 3 aromatic heterocycles. The Hall–Kier alpha value is -3.33. The molecular weight excluding hydrogens is 342 g/mol. The van der Waals surface area contributed by atoms with E-state index in [-0.39, 0.29) is 0 Å². The summed E-state index contributed by atoms with van der Waals surface area (Å²) in [6.45, 7) is 2.02. The highest BCUT2D eigenvalue weighted by atomic mass is 15.5. The zero-order valence-corrected chi connectivity index (χ0v) is 15.1. The molecule has 1 aliphatic heterocycles. The molecule has 5 rings (SSSR count). The molecule has 0 atom stereocenters. The molecule has 1 saturated heterocycles. The van der Waals surface area contributed by atoms with Crippen LogP contribution in [0.2, 0.25) is 0 Å². The monoisotopic (exact) mass is 361 g/mol. The summed E-state index contributed by atoms with van der Waals surface area (Å²) in [5.74, 6) is 1.35. The Bertz CT molecular complexity index is 1110. The maximum absolute atomic E-state index is 4.62. The fourth-order valence-electron chi connectivity index (χ4n) is 3.38. The van der Waals surface area contributed by atoms with Crippen molar-refractivity contribution in [3.8, 4) is 11.3 Å². The first-order valence-corrected chi connectivity index (χ1v) is 8.79. The van der Waals surface area contributed by atoms with Gasteiger partial charge in [-0.05, 0) is 25.2 Å². The third kappa shape index (κ3) is 2.81. The topological polar surface area (TPSA) is 89.6 Å². The third-order valence-corrected chi connectivity index (χ3v) is 4.87. The molecule has 9 nitrogen and oxygen atoms in total. The second-order valence-electron chi connectivity index (χ2n) is 6.84. The van der Waals surface area contributed by atoms with E-state index in [4.69, 9.17) is 0 Å². The normalized spacial score (nSPS) is 15.2. The molecule has 0 aliphatic carbocycles. The van der Waals surface area contributed by atoms with Gasteiger partial charge < -0.3 is 10.2 Å². The highest BCUT2D eigenvalue weighted by molar-refractivity contribution is 5.80. The highest BCUT2D eigenvalue weighted by Crippen LogP contribution is 2.26. The lowest BCUT2D eigenvalue weighted by atomic mass is 10.1. The van der Waals surface area contributed by atoms with E-state index < -0.39 is 0 Å². The fraction of sp³-hybridized carbons (Fsp3) is 0.278. The van der Waals surface area contributed by atoms with E-state index in [0.29, 0.717) is 12.0 Å². The lowest BCUT2D eigenvalue weighted by Crippen LogP contribution is -2.45. The average Bonchev–Trinajstić information content (AvgIpc) is 3.25. The van der Waals surface area contributed by atoms with E-state index in [2.05, 4.69) is 54.8 Å². The summed E-state index contributed by atoms with van der Waals surface area (Å²) in [6, 6.07) is 10.3. The third-order valence-electron chi connectivity index (χ3n) is 4.87. The number of likely N-dealkylation sites (tertiary alicyclic amines) is 1. The quantitative estimate of drug-likeness (QED) is 0.593. The minimum atomic E-state index is 0.402. The van der Waals surface area contributed by atoms with Crippen molar-refractivity contribution in [2.45, 2.75) is 6.04 Å². The van der Waals surface area contributed by atoms with Crippen LogP contribution >= 0.6 is 0 Å². The Morgan fingerprint density at radius 3 is 2.74 bits per heavy atom. The van der Waals surface area contributed by atoms with E-state index in [9.17, 15) is 0 Å². The van der Waals surface area contributed by atoms with Crippen LogP contribution < -0.4 is 5.32 Å². The molecule has 0 unspecified atom stereocenters. The largest absolute Gasteiger partial charge is 0.309 e. The van der Waals surface area contributed by atoms with E-state index in [0.717, 1.165) is 41.2 Å². The molecule has 1 aliphatic rings. The number of anilines is 2. The van der Waals surface area contributed by atoms with Gasteiger partial charge in [0.2, 0.25) is 5.95 Å². The summed E-state index contributed by atoms with van der Waals surface area (Å²) in [5.41, 5.74) is 3.74. The van der Waals surface area contributed by atoms with Gasteiger partial charge >= 0.3 is 0 Å². The second kappa shape index (κ2) is 6.13. The van der Waals surface area contributed by atoms with Crippen molar-refractivity contribution >= 4 is 22.8 Å². The Morgan fingerprint density at radius 1 is 1.07 bits per heavy atom. The first kappa shape index (κ1) is 15.9. The summed E-state index contributed by atoms with van der Waals surface area (Å²) >= 11 is 0. The lowest BCUT2D eigenvalue weighted by Gasteiger charge is -2.36. The van der Waals surface area contributed by atoms with Crippen molar-refractivity contribution in [2.75, 3.05) is 25.5 Å². The van der Waals surface area contributed by atoms with Crippen LogP contribution in [0.3, 0.4) is 0 Å². The number of hydrogen-bond donors (Lipinski definition) is 1. The predicted octanol–water partition coefficient (Wildman–Crippen LogP) is 1.85. The van der Waals surface area contributed by atoms with Crippen molar-refractivity contribution in [1.29, 1.82) is 0 Å². The first-order valence-electron chi connectivity index (χ1n) is 8.79. The maximum atomic E-state index is 4.62. The number of likely N-dealkylation sites (N-methyl/N-ethyl adjacent to an activating group) is 1. The molecule has 1 aromatic carbocycles. The number of nitrogens with one attached hydrogen (secondary N) is 1. The maximum Gasteiger partial charge on any atom is 0.228 e. The highest BCUT2D eigenvalue weighted by Gasteiger charge is 2.27. The number of fused-ring (bicyclic) bond motifs is 1. The van der Waals surface area contributed by atoms with Crippen LogP contribution in [-0.4, -0.2) is 59.8 Å². The molecule has 4 aromatic rings. The minimum Gasteiger partial charge on any atom is -0.309 e.